The number of morpholine rings is 3. The second kappa shape index (κ2) is 27.8. The van der Waals surface area contributed by atoms with Gasteiger partial charge in [0.1, 0.15) is 16.9 Å². The van der Waals surface area contributed by atoms with Crippen LogP contribution in [0.3, 0.4) is 0 Å². The molecule has 15 heteroatoms. The molecule has 0 amide bonds. The van der Waals surface area contributed by atoms with E-state index in [4.69, 9.17) is 29.2 Å². The Morgan fingerprint density at radius 3 is 1.07 bits per heavy atom. The molecule has 6 aromatic heterocycles. The summed E-state index contributed by atoms with van der Waals surface area (Å²) < 4.78 is 24.0. The molecule has 3 aliphatic heterocycles. The van der Waals surface area contributed by atoms with Crippen LogP contribution in [-0.2, 0) is 14.2 Å². The second-order valence-electron chi connectivity index (χ2n) is 30.6. The predicted molar refractivity (Wildman–Crippen MR) is 373 cm³/mol. The summed E-state index contributed by atoms with van der Waals surface area (Å²) in [6.07, 6.45) is 29.7. The van der Waals surface area contributed by atoms with E-state index in [0.717, 1.165) is 109 Å². The lowest BCUT2D eigenvalue weighted by Crippen LogP contribution is -2.45. The maximum Gasteiger partial charge on any atom is 0.163 e. The summed E-state index contributed by atoms with van der Waals surface area (Å²) in [6.45, 7) is 48.0. The zero-order valence-electron chi connectivity index (χ0n) is 54.9. The van der Waals surface area contributed by atoms with Crippen LogP contribution in [0.2, 0.25) is 54.4 Å². The van der Waals surface area contributed by atoms with Crippen LogP contribution in [0.25, 0.3) is 38.7 Å². The Bertz CT molecular complexity index is 3020. The van der Waals surface area contributed by atoms with Crippen molar-refractivity contribution < 1.29 is 14.2 Å². The van der Waals surface area contributed by atoms with Crippen LogP contribution in [0.1, 0.15) is 176 Å². The summed E-state index contributed by atoms with van der Waals surface area (Å²) in [5.74, 6) is 1.34. The van der Waals surface area contributed by atoms with Crippen molar-refractivity contribution in [1.82, 2.24) is 42.3 Å². The molecule has 0 N–H and O–H groups in total. The zero-order chi connectivity index (χ0) is 59.8. The molecule has 9 heterocycles. The first-order valence-electron chi connectivity index (χ1n) is 32.9. The van der Waals surface area contributed by atoms with E-state index < -0.39 is 24.7 Å². The van der Waals surface area contributed by atoms with E-state index in [1.54, 1.807) is 0 Å². The first kappa shape index (κ1) is 68.1. The molecule has 12 rings (SSSR count). The highest BCUT2D eigenvalue weighted by Gasteiger charge is 2.41. The summed E-state index contributed by atoms with van der Waals surface area (Å²) in [4.78, 5) is 22.8. The van der Waals surface area contributed by atoms with Gasteiger partial charge < -0.3 is 26.9 Å². The van der Waals surface area contributed by atoms with Crippen molar-refractivity contribution in [2.75, 3.05) is 78.9 Å². The molecule has 0 radical (unpaired) electrons. The lowest BCUT2D eigenvalue weighted by atomic mass is 9.81. The number of hydrogen-bond acceptors (Lipinski definition) is 9. The Morgan fingerprint density at radius 2 is 0.744 bits per heavy atom. The molecule has 5 fully saturated rings. The van der Waals surface area contributed by atoms with Crippen LogP contribution in [-0.4, -0.2) is 164 Å². The quantitative estimate of drug-likeness (QED) is 0.131. The Kier molecular flexibility index (Phi) is 22.0. The van der Waals surface area contributed by atoms with Crippen molar-refractivity contribution >= 4 is 63.4 Å². The van der Waals surface area contributed by atoms with E-state index in [0.29, 0.717) is 33.0 Å². The molecule has 3 saturated heterocycles. The number of nitrogens with zero attached hydrogens (tertiary/aromatic N) is 9. The third-order valence-corrected chi connectivity index (χ3v) is 38.4. The van der Waals surface area contributed by atoms with Crippen molar-refractivity contribution in [2.45, 2.75) is 232 Å². The monoisotopic (exact) mass is 1230 g/mol. The molecule has 0 spiro atoms. The smallest absolute Gasteiger partial charge is 0.163 e. The van der Waals surface area contributed by atoms with Gasteiger partial charge in [-0.25, -0.2) is 15.0 Å². The molecule has 12 nitrogen and oxygen atoms in total. The van der Waals surface area contributed by atoms with Crippen molar-refractivity contribution in [1.29, 1.82) is 0 Å². The maximum absolute atomic E-state index is 5.52. The number of ether oxygens (including phenoxy) is 3. The molecular formula is C71H117N9O3Si3. The first-order valence-corrected chi connectivity index (χ1v) is 41.7. The highest BCUT2D eigenvalue weighted by Crippen LogP contribution is 2.43. The average Bonchev–Trinajstić information content (AvgIpc) is 2.36. The van der Waals surface area contributed by atoms with Crippen molar-refractivity contribution in [2.24, 2.45) is 0 Å². The van der Waals surface area contributed by atoms with Gasteiger partial charge in [-0.15, -0.1) is 0 Å². The minimum Gasteiger partial charge on any atom is -0.379 e. The van der Waals surface area contributed by atoms with E-state index in [2.05, 4.69) is 209 Å². The zero-order valence-corrected chi connectivity index (χ0v) is 57.9. The van der Waals surface area contributed by atoms with Crippen molar-refractivity contribution in [3.63, 3.8) is 0 Å². The van der Waals surface area contributed by atoms with Gasteiger partial charge in [0, 0.05) is 92.1 Å². The summed E-state index contributed by atoms with van der Waals surface area (Å²) in [5.41, 5.74) is 9.18. The molecule has 1 unspecified atom stereocenters. The van der Waals surface area contributed by atoms with Gasteiger partial charge in [0.25, 0.3) is 0 Å². The largest absolute Gasteiger partial charge is 0.379 e. The van der Waals surface area contributed by atoms with Gasteiger partial charge in [-0.05, 0) is 175 Å². The van der Waals surface area contributed by atoms with E-state index in [1.807, 2.05) is 0 Å². The minimum atomic E-state index is -1.65. The number of aromatic nitrogens is 6. The minimum absolute atomic E-state index is 0. The first-order chi connectivity index (χ1) is 39.8. The van der Waals surface area contributed by atoms with Crippen LogP contribution in [0.15, 0.2) is 79.7 Å². The third kappa shape index (κ3) is 14.7. The molecule has 0 aromatic carbocycles. The maximum atomic E-state index is 5.52. The number of rotatable bonds is 9. The van der Waals surface area contributed by atoms with E-state index in [-0.39, 0.29) is 14.9 Å². The highest BCUT2D eigenvalue weighted by molar-refractivity contribution is 6.80. The lowest BCUT2D eigenvalue weighted by Gasteiger charge is -2.39. The van der Waals surface area contributed by atoms with Crippen LogP contribution < -0.4 is 0 Å². The van der Waals surface area contributed by atoms with Crippen molar-refractivity contribution in [3.05, 3.63) is 96.3 Å². The summed E-state index contributed by atoms with van der Waals surface area (Å²) in [6, 6.07) is 16.2. The van der Waals surface area contributed by atoms with Gasteiger partial charge in [-0.3, -0.25) is 14.7 Å². The second-order valence-corrected chi connectivity index (χ2v) is 45.9. The summed E-state index contributed by atoms with van der Waals surface area (Å²) in [5, 5.41) is 4.81. The fraction of sp³-hybridized carbons (Fsp3) is 0.676. The Labute approximate surface area is 524 Å². The van der Waals surface area contributed by atoms with Crippen LogP contribution in [0, 0.1) is 0 Å². The van der Waals surface area contributed by atoms with Crippen molar-refractivity contribution in [3.8, 4) is 0 Å². The molecule has 0 bridgehead atoms. The highest BCUT2D eigenvalue weighted by atomic mass is 28.3. The summed E-state index contributed by atoms with van der Waals surface area (Å²) in [7, 11) is -4.93. The predicted octanol–water partition coefficient (Wildman–Crippen LogP) is 16.9. The van der Waals surface area contributed by atoms with Gasteiger partial charge in [-0.2, -0.15) is 0 Å². The number of allylic oxidation sites excluding steroid dienone is 1. The molecule has 1 atom stereocenters. The standard InChI is InChI=1S/2C23H37N3OSi.C23H35N3OSi.2CH4/c3*1-23(2,3)28(4,5)26-11-10-19-16-20(17-24-22(19)26)18-6-8-21(9-7-18)25-12-14-27-15-13-25;;/h2*10-11,16-18,21H,6-9,12-15H2,1-5H3;6,10-11,16-17,21H,7-9,12-15H2,1-5H3;2*1H4. The van der Waals surface area contributed by atoms with Gasteiger partial charge in [0.05, 0.1) is 39.6 Å². The Balaban J connectivity index is 0.000000166. The molecule has 476 valence electrons. The molecular weight excluding hydrogens is 1110 g/mol. The van der Waals surface area contributed by atoms with Gasteiger partial charge in [-0.1, -0.05) is 123 Å². The molecule has 6 aliphatic rings. The van der Waals surface area contributed by atoms with Gasteiger partial charge in [0.15, 0.2) is 24.7 Å². The molecule has 6 aromatic rings. The third-order valence-electron chi connectivity index (χ3n) is 22.7. The Morgan fingerprint density at radius 1 is 0.419 bits per heavy atom. The van der Waals surface area contributed by atoms with Crippen LogP contribution in [0.5, 0.6) is 0 Å². The molecule has 86 heavy (non-hydrogen) atoms. The van der Waals surface area contributed by atoms with E-state index >= 15 is 0 Å². The normalized spacial score (nSPS) is 23.8. The SMILES string of the molecule is C.C.CC(C)(C)[Si](C)(C)n1ccc2cc(C3=CCC(N4CCOCC4)CC3)cnc21.CC(C)(C)[Si](C)(C)n1ccc2cc(C3CCC(N4CCOCC4)CC3)cnc21.CC(C)(C)[Si](C)(C)n1ccc2cc(C3CCC(N4CCOCC4)CC3)cnc21. The molecule has 3 aliphatic carbocycles. The van der Waals surface area contributed by atoms with Gasteiger partial charge >= 0.3 is 0 Å². The topological polar surface area (TPSA) is 90.9 Å². The number of pyridine rings is 3. The van der Waals surface area contributed by atoms with Crippen LogP contribution >= 0.6 is 0 Å². The fourth-order valence-corrected chi connectivity index (χ4v) is 19.6. The molecule has 2 saturated carbocycles. The fourth-order valence-electron chi connectivity index (χ4n) is 14.0. The number of fused-ring (bicyclic) bond motifs is 3. The van der Waals surface area contributed by atoms with E-state index in [9.17, 15) is 0 Å². The average molecular weight is 1230 g/mol. The van der Waals surface area contributed by atoms with Crippen LogP contribution in [0.4, 0.5) is 0 Å². The van der Waals surface area contributed by atoms with Gasteiger partial charge in [0.2, 0.25) is 0 Å². The lowest BCUT2D eigenvalue weighted by molar-refractivity contribution is 0.00727. The van der Waals surface area contributed by atoms with E-state index in [1.165, 1.54) is 108 Å². The summed E-state index contributed by atoms with van der Waals surface area (Å²) >= 11 is 0. The Hall–Kier alpha value is -3.78. The number of hydrogen-bond donors (Lipinski definition) is 0.